The van der Waals surface area contributed by atoms with Gasteiger partial charge in [0.05, 0.1) is 17.9 Å². The summed E-state index contributed by atoms with van der Waals surface area (Å²) in [5.41, 5.74) is 4.12. The number of aliphatic imine (C=N–C) groups is 1. The van der Waals surface area contributed by atoms with E-state index in [1.54, 1.807) is 37.3 Å². The van der Waals surface area contributed by atoms with Crippen LogP contribution >= 0.6 is 22.9 Å². The highest BCUT2D eigenvalue weighted by Gasteiger charge is 2.26. The van der Waals surface area contributed by atoms with Crippen molar-refractivity contribution in [2.75, 3.05) is 11.9 Å². The fraction of sp³-hybridized carbons (Fsp3) is 0.240. The molecule has 2 heterocycles. The Morgan fingerprint density at radius 2 is 1.88 bits per heavy atom. The maximum absolute atomic E-state index is 12.5. The number of hydrogen-bond acceptors (Lipinski definition) is 5. The minimum absolute atomic E-state index is 0.128. The number of fused-ring (bicyclic) bond motifs is 1. The van der Waals surface area contributed by atoms with E-state index in [9.17, 15) is 9.59 Å². The Bertz CT molecular complexity index is 1180. The van der Waals surface area contributed by atoms with E-state index in [1.807, 2.05) is 36.4 Å². The lowest BCUT2D eigenvalue weighted by molar-refractivity contribution is -0.116. The van der Waals surface area contributed by atoms with Gasteiger partial charge in [-0.05, 0) is 56.5 Å². The maximum atomic E-state index is 12.5. The van der Waals surface area contributed by atoms with E-state index < -0.39 is 6.04 Å². The number of aryl methyl sites for hydroxylation is 2. The van der Waals surface area contributed by atoms with Crippen LogP contribution in [0.25, 0.3) is 0 Å². The van der Waals surface area contributed by atoms with Crippen molar-refractivity contribution in [3.63, 3.8) is 0 Å². The topological polar surface area (TPSA) is 67.8 Å². The highest BCUT2D eigenvalue weighted by atomic mass is 35.5. The number of carbonyl (C=O) groups excluding carboxylic acids is 2. The molecule has 5 nitrogen and oxygen atoms in total. The minimum Gasteiger partial charge on any atom is -0.462 e. The number of anilines is 1. The Hall–Kier alpha value is -2.96. The number of nitrogens with zero attached hydrogens (tertiary/aromatic N) is 1. The maximum Gasteiger partial charge on any atom is 0.338 e. The van der Waals surface area contributed by atoms with Gasteiger partial charge in [0.1, 0.15) is 11.0 Å². The van der Waals surface area contributed by atoms with Crippen molar-refractivity contribution in [1.82, 2.24) is 0 Å². The Morgan fingerprint density at radius 1 is 1.12 bits per heavy atom. The number of amides is 1. The summed E-state index contributed by atoms with van der Waals surface area (Å²) in [6.45, 7) is 3.93. The predicted molar refractivity (Wildman–Crippen MR) is 129 cm³/mol. The summed E-state index contributed by atoms with van der Waals surface area (Å²) < 4.78 is 5.03. The average Bonchev–Trinajstić information content (AvgIpc) is 3.14. The standard InChI is InChI=1S/C25H23ClN2O3S/c1-3-31-25(30)17-11-8-16(9-12-17)10-13-18-14-20-22(19-6-4-5-7-21(19)26)27-15(2)23(29)28-24(20)32-18/h4-9,11-12,14-15H,3,10,13H2,1-2H3,(H,28,29). The first-order valence-corrected chi connectivity index (χ1v) is 11.7. The molecule has 1 atom stereocenters. The normalized spacial score (nSPS) is 15.4. The van der Waals surface area contributed by atoms with Gasteiger partial charge in [-0.15, -0.1) is 11.3 Å². The molecule has 1 N–H and O–H groups in total. The van der Waals surface area contributed by atoms with E-state index in [0.29, 0.717) is 17.2 Å². The van der Waals surface area contributed by atoms with Crippen molar-refractivity contribution in [3.8, 4) is 0 Å². The SMILES string of the molecule is CCOC(=O)c1ccc(CCc2cc3c(s2)NC(=O)C(C)N=C3c2ccccc2Cl)cc1. The Labute approximate surface area is 196 Å². The summed E-state index contributed by atoms with van der Waals surface area (Å²) in [5, 5.41) is 4.41. The van der Waals surface area contributed by atoms with Gasteiger partial charge in [-0.25, -0.2) is 4.79 Å². The van der Waals surface area contributed by atoms with Crippen molar-refractivity contribution >= 4 is 45.5 Å². The Morgan fingerprint density at radius 3 is 2.59 bits per heavy atom. The van der Waals surface area contributed by atoms with Crippen LogP contribution in [0.2, 0.25) is 5.02 Å². The summed E-state index contributed by atoms with van der Waals surface area (Å²) >= 11 is 8.01. The van der Waals surface area contributed by atoms with Crippen molar-refractivity contribution in [2.24, 2.45) is 4.99 Å². The number of benzene rings is 2. The van der Waals surface area contributed by atoms with E-state index in [-0.39, 0.29) is 11.9 Å². The highest BCUT2D eigenvalue weighted by molar-refractivity contribution is 7.16. The number of carbonyl (C=O) groups is 2. The van der Waals surface area contributed by atoms with Gasteiger partial charge in [0.2, 0.25) is 5.91 Å². The molecule has 3 aromatic rings. The Balaban J connectivity index is 1.57. The van der Waals surface area contributed by atoms with E-state index in [2.05, 4.69) is 16.4 Å². The lowest BCUT2D eigenvalue weighted by atomic mass is 10.0. The van der Waals surface area contributed by atoms with Crippen molar-refractivity contribution in [1.29, 1.82) is 0 Å². The number of nitrogens with one attached hydrogen (secondary N) is 1. The zero-order valence-corrected chi connectivity index (χ0v) is 19.4. The summed E-state index contributed by atoms with van der Waals surface area (Å²) in [5.74, 6) is -0.436. The van der Waals surface area contributed by atoms with Gasteiger partial charge in [0.25, 0.3) is 0 Å². The number of esters is 1. The molecule has 1 aliphatic rings. The highest BCUT2D eigenvalue weighted by Crippen LogP contribution is 2.35. The molecule has 0 saturated heterocycles. The zero-order valence-electron chi connectivity index (χ0n) is 17.9. The van der Waals surface area contributed by atoms with Crippen LogP contribution in [-0.2, 0) is 22.4 Å². The third kappa shape index (κ3) is 4.76. The molecule has 164 valence electrons. The predicted octanol–water partition coefficient (Wildman–Crippen LogP) is 5.54. The Kier molecular flexibility index (Phi) is 6.72. The van der Waals surface area contributed by atoms with Crippen molar-refractivity contribution < 1.29 is 14.3 Å². The summed E-state index contributed by atoms with van der Waals surface area (Å²) in [6, 6.07) is 16.6. The van der Waals surface area contributed by atoms with Crippen LogP contribution in [0.4, 0.5) is 5.00 Å². The van der Waals surface area contributed by atoms with Gasteiger partial charge >= 0.3 is 5.97 Å². The number of ether oxygens (including phenoxy) is 1. The van der Waals surface area contributed by atoms with Gasteiger partial charge in [-0.3, -0.25) is 9.79 Å². The molecule has 1 amide bonds. The fourth-order valence-corrected chi connectivity index (χ4v) is 4.82. The van der Waals surface area contributed by atoms with Crippen LogP contribution < -0.4 is 5.32 Å². The third-order valence-electron chi connectivity index (χ3n) is 5.23. The van der Waals surface area contributed by atoms with E-state index in [0.717, 1.165) is 45.1 Å². The van der Waals surface area contributed by atoms with Gasteiger partial charge < -0.3 is 10.1 Å². The van der Waals surface area contributed by atoms with E-state index in [4.69, 9.17) is 16.3 Å². The zero-order chi connectivity index (χ0) is 22.7. The van der Waals surface area contributed by atoms with Crippen molar-refractivity contribution in [2.45, 2.75) is 32.7 Å². The molecule has 1 aliphatic heterocycles. The fourth-order valence-electron chi connectivity index (χ4n) is 3.53. The second-order valence-electron chi connectivity index (χ2n) is 7.50. The largest absolute Gasteiger partial charge is 0.462 e. The van der Waals surface area contributed by atoms with E-state index >= 15 is 0 Å². The molecule has 4 rings (SSSR count). The van der Waals surface area contributed by atoms with E-state index in [1.165, 1.54) is 0 Å². The second-order valence-corrected chi connectivity index (χ2v) is 9.04. The van der Waals surface area contributed by atoms with Gasteiger partial charge in [0, 0.05) is 21.0 Å². The number of hydrogen-bond donors (Lipinski definition) is 1. The summed E-state index contributed by atoms with van der Waals surface area (Å²) in [6.07, 6.45) is 1.61. The molecule has 0 fully saturated rings. The molecule has 0 bridgehead atoms. The van der Waals surface area contributed by atoms with Gasteiger partial charge in [-0.2, -0.15) is 0 Å². The summed E-state index contributed by atoms with van der Waals surface area (Å²) in [7, 11) is 0. The second kappa shape index (κ2) is 9.67. The lowest BCUT2D eigenvalue weighted by Crippen LogP contribution is -2.22. The molecule has 0 radical (unpaired) electrons. The molecule has 32 heavy (non-hydrogen) atoms. The van der Waals surface area contributed by atoms with Gasteiger partial charge in [0.15, 0.2) is 0 Å². The lowest BCUT2D eigenvalue weighted by Gasteiger charge is -2.08. The first kappa shape index (κ1) is 22.2. The smallest absolute Gasteiger partial charge is 0.338 e. The van der Waals surface area contributed by atoms with Crippen LogP contribution in [0.1, 0.15) is 45.8 Å². The molecule has 0 saturated carbocycles. The van der Waals surface area contributed by atoms with Crippen LogP contribution in [-0.4, -0.2) is 30.2 Å². The molecular formula is C25H23ClN2O3S. The first-order valence-electron chi connectivity index (χ1n) is 10.5. The molecule has 7 heteroatoms. The van der Waals surface area contributed by atoms with Crippen LogP contribution in [0.15, 0.2) is 59.6 Å². The average molecular weight is 467 g/mol. The third-order valence-corrected chi connectivity index (χ3v) is 6.67. The van der Waals surface area contributed by atoms with Crippen LogP contribution in [0.3, 0.4) is 0 Å². The van der Waals surface area contributed by atoms with Gasteiger partial charge in [-0.1, -0.05) is 41.9 Å². The molecule has 1 unspecified atom stereocenters. The molecule has 0 spiro atoms. The van der Waals surface area contributed by atoms with Crippen LogP contribution in [0, 0.1) is 0 Å². The monoisotopic (exact) mass is 466 g/mol. The number of rotatable bonds is 6. The molecule has 1 aromatic heterocycles. The summed E-state index contributed by atoms with van der Waals surface area (Å²) in [4.78, 5) is 30.1. The number of thiophene rings is 1. The molecular weight excluding hydrogens is 444 g/mol. The number of halogens is 1. The quantitative estimate of drug-likeness (QED) is 0.485. The molecule has 0 aliphatic carbocycles. The van der Waals surface area contributed by atoms with Crippen molar-refractivity contribution in [3.05, 3.63) is 86.8 Å². The molecule has 2 aromatic carbocycles. The van der Waals surface area contributed by atoms with Crippen LogP contribution in [0.5, 0.6) is 0 Å². The minimum atomic E-state index is -0.498. The first-order chi connectivity index (χ1) is 15.5.